The van der Waals surface area contributed by atoms with E-state index in [4.69, 9.17) is 9.72 Å². The summed E-state index contributed by atoms with van der Waals surface area (Å²) in [6, 6.07) is 4.83. The Morgan fingerprint density at radius 3 is 2.74 bits per heavy atom. The highest BCUT2D eigenvalue weighted by atomic mass is 32.1. The summed E-state index contributed by atoms with van der Waals surface area (Å²) < 4.78 is 7.49. The van der Waals surface area contributed by atoms with Gasteiger partial charge in [0.2, 0.25) is 0 Å². The Kier molecular flexibility index (Phi) is 4.67. The van der Waals surface area contributed by atoms with Crippen LogP contribution in [0.25, 0.3) is 32.6 Å². The molecule has 6 rings (SSSR count). The molecule has 0 unspecified atom stereocenters. The highest BCUT2D eigenvalue weighted by Crippen LogP contribution is 2.42. The Balaban J connectivity index is 1.36. The molecule has 0 radical (unpaired) electrons. The number of hydrogen-bond acceptors (Lipinski definition) is 5. The highest BCUT2D eigenvalue weighted by Gasteiger charge is 2.32. The zero-order chi connectivity index (χ0) is 21.1. The van der Waals surface area contributed by atoms with E-state index in [0.29, 0.717) is 17.9 Å². The minimum Gasteiger partial charge on any atom is -0.378 e. The second-order valence-electron chi connectivity index (χ2n) is 9.33. The number of piperidine rings is 1. The van der Waals surface area contributed by atoms with E-state index in [9.17, 15) is 0 Å². The van der Waals surface area contributed by atoms with Gasteiger partial charge in [0.25, 0.3) is 0 Å². The van der Waals surface area contributed by atoms with Crippen LogP contribution in [0.4, 0.5) is 0 Å². The Morgan fingerprint density at radius 2 is 2.03 bits per heavy atom. The molecule has 0 bridgehead atoms. The molecule has 0 saturated carbocycles. The lowest BCUT2D eigenvalue weighted by atomic mass is 9.95. The standard InChI is InChI=1S/C24H29N5OS/c1-14(2)19-20(18-11-28(3)22-17(18)5-4-8-25-22)26-24-21(19)27-23(31-24)15-6-9-29(10-7-15)16-12-30-13-16/h4-5,8,11,14-16,26H,6-7,9-10,12-13H2,1-3H3. The number of pyridine rings is 1. The first-order chi connectivity index (χ1) is 15.1. The maximum Gasteiger partial charge on any atom is 0.140 e. The van der Waals surface area contributed by atoms with Gasteiger partial charge in [0, 0.05) is 41.9 Å². The number of aryl methyl sites for hydroxylation is 1. The smallest absolute Gasteiger partial charge is 0.140 e. The van der Waals surface area contributed by atoms with E-state index < -0.39 is 0 Å². The van der Waals surface area contributed by atoms with Crippen LogP contribution in [0.1, 0.15) is 49.1 Å². The lowest BCUT2D eigenvalue weighted by Crippen LogP contribution is -2.51. The van der Waals surface area contributed by atoms with Crippen molar-refractivity contribution in [3.05, 3.63) is 35.1 Å². The Morgan fingerprint density at radius 1 is 1.23 bits per heavy atom. The van der Waals surface area contributed by atoms with Crippen molar-refractivity contribution in [1.82, 2.24) is 24.4 Å². The molecule has 0 aliphatic carbocycles. The van der Waals surface area contributed by atoms with Gasteiger partial charge < -0.3 is 14.3 Å². The predicted molar refractivity (Wildman–Crippen MR) is 126 cm³/mol. The number of ether oxygens (including phenoxy) is 1. The van der Waals surface area contributed by atoms with Crippen molar-refractivity contribution in [1.29, 1.82) is 0 Å². The Labute approximate surface area is 186 Å². The van der Waals surface area contributed by atoms with Gasteiger partial charge in [0.15, 0.2) is 0 Å². The van der Waals surface area contributed by atoms with Gasteiger partial charge in [0.1, 0.15) is 16.0 Å². The quantitative estimate of drug-likeness (QED) is 0.496. The predicted octanol–water partition coefficient (Wildman–Crippen LogP) is 4.88. The molecule has 4 aromatic heterocycles. The van der Waals surface area contributed by atoms with E-state index in [1.54, 1.807) is 0 Å². The zero-order valence-electron chi connectivity index (χ0n) is 18.4. The number of aromatic amines is 1. The van der Waals surface area contributed by atoms with Crippen LogP contribution in [0.15, 0.2) is 24.5 Å². The Bertz CT molecular complexity index is 1240. The van der Waals surface area contributed by atoms with Crippen LogP contribution in [0, 0.1) is 0 Å². The number of aromatic nitrogens is 4. The van der Waals surface area contributed by atoms with Crippen molar-refractivity contribution < 1.29 is 4.74 Å². The van der Waals surface area contributed by atoms with Crippen molar-refractivity contribution >= 4 is 32.7 Å². The van der Waals surface area contributed by atoms with E-state index in [-0.39, 0.29) is 0 Å². The maximum absolute atomic E-state index is 5.38. The van der Waals surface area contributed by atoms with Crippen molar-refractivity contribution in [2.24, 2.45) is 7.05 Å². The minimum atomic E-state index is 0.395. The minimum absolute atomic E-state index is 0.395. The van der Waals surface area contributed by atoms with Gasteiger partial charge in [-0.2, -0.15) is 0 Å². The molecule has 7 heteroatoms. The molecule has 2 aliphatic heterocycles. The summed E-state index contributed by atoms with van der Waals surface area (Å²) in [6.45, 7) is 8.70. The molecule has 0 aromatic carbocycles. The largest absolute Gasteiger partial charge is 0.378 e. The molecule has 0 amide bonds. The molecule has 6 heterocycles. The third-order valence-electron chi connectivity index (χ3n) is 7.00. The van der Waals surface area contributed by atoms with Gasteiger partial charge in [0.05, 0.1) is 30.0 Å². The highest BCUT2D eigenvalue weighted by molar-refractivity contribution is 7.18. The molecular formula is C24H29N5OS. The number of nitrogens with one attached hydrogen (secondary N) is 1. The number of hydrogen-bond donors (Lipinski definition) is 1. The van der Waals surface area contributed by atoms with Crippen molar-refractivity contribution in [2.45, 2.75) is 44.6 Å². The molecule has 2 aliphatic rings. The SMILES string of the molecule is CC(C)c1c(-c2cn(C)c3ncccc23)[nH]c2sc(C3CCN(C4COC4)CC3)nc12. The van der Waals surface area contributed by atoms with Crippen LogP contribution < -0.4 is 0 Å². The van der Waals surface area contributed by atoms with Crippen LogP contribution >= 0.6 is 11.3 Å². The lowest BCUT2D eigenvalue weighted by molar-refractivity contribution is -0.0712. The van der Waals surface area contributed by atoms with Gasteiger partial charge in [-0.1, -0.05) is 13.8 Å². The van der Waals surface area contributed by atoms with E-state index in [1.807, 2.05) is 23.6 Å². The fourth-order valence-corrected chi connectivity index (χ4v) is 6.36. The van der Waals surface area contributed by atoms with E-state index in [2.05, 4.69) is 52.6 Å². The fraction of sp³-hybridized carbons (Fsp3) is 0.500. The first-order valence-corrected chi connectivity index (χ1v) is 12.2. The normalized spacial score (nSPS) is 19.1. The molecule has 1 N–H and O–H groups in total. The number of H-pyrrole nitrogens is 1. The van der Waals surface area contributed by atoms with Crippen LogP contribution in [0.3, 0.4) is 0 Å². The van der Waals surface area contributed by atoms with Crippen molar-refractivity contribution in [3.63, 3.8) is 0 Å². The third kappa shape index (κ3) is 3.13. The summed E-state index contributed by atoms with van der Waals surface area (Å²) in [6.07, 6.45) is 6.45. The van der Waals surface area contributed by atoms with Crippen molar-refractivity contribution in [3.8, 4) is 11.3 Å². The van der Waals surface area contributed by atoms with E-state index in [0.717, 1.165) is 32.0 Å². The number of rotatable bonds is 4. The summed E-state index contributed by atoms with van der Waals surface area (Å²) in [5, 5.41) is 2.49. The van der Waals surface area contributed by atoms with Gasteiger partial charge in [-0.15, -0.1) is 11.3 Å². The summed E-state index contributed by atoms with van der Waals surface area (Å²) in [7, 11) is 2.07. The van der Waals surface area contributed by atoms with Crippen molar-refractivity contribution in [2.75, 3.05) is 26.3 Å². The molecule has 2 saturated heterocycles. The molecule has 6 nitrogen and oxygen atoms in total. The van der Waals surface area contributed by atoms with Gasteiger partial charge in [-0.25, -0.2) is 9.97 Å². The molecule has 0 atom stereocenters. The fourth-order valence-electron chi connectivity index (χ4n) is 5.21. The summed E-state index contributed by atoms with van der Waals surface area (Å²) in [5.41, 5.74) is 5.94. The van der Waals surface area contributed by atoms with E-state index >= 15 is 0 Å². The second kappa shape index (κ2) is 7.43. The maximum atomic E-state index is 5.38. The second-order valence-corrected chi connectivity index (χ2v) is 10.4. The van der Waals surface area contributed by atoms with Gasteiger partial charge in [-0.3, -0.25) is 4.90 Å². The first kappa shape index (κ1) is 19.5. The van der Waals surface area contributed by atoms with E-state index in [1.165, 1.54) is 50.4 Å². The molecule has 31 heavy (non-hydrogen) atoms. The number of nitrogens with zero attached hydrogens (tertiary/aromatic N) is 4. The summed E-state index contributed by atoms with van der Waals surface area (Å²) >= 11 is 1.86. The topological polar surface area (TPSA) is 59.0 Å². The number of fused-ring (bicyclic) bond motifs is 2. The van der Waals surface area contributed by atoms with Crippen LogP contribution in [0.2, 0.25) is 0 Å². The molecule has 2 fully saturated rings. The van der Waals surface area contributed by atoms with Crippen LogP contribution in [-0.4, -0.2) is 56.8 Å². The zero-order valence-corrected chi connectivity index (χ0v) is 19.2. The average Bonchev–Trinajstić information content (AvgIpc) is 3.38. The average molecular weight is 436 g/mol. The monoisotopic (exact) mass is 435 g/mol. The van der Waals surface area contributed by atoms with Gasteiger partial charge >= 0.3 is 0 Å². The lowest BCUT2D eigenvalue weighted by Gasteiger charge is -2.41. The molecule has 0 spiro atoms. The summed E-state index contributed by atoms with van der Waals surface area (Å²) in [4.78, 5) is 17.4. The molecule has 4 aromatic rings. The van der Waals surface area contributed by atoms with Crippen LogP contribution in [-0.2, 0) is 11.8 Å². The Hall–Kier alpha value is -2.22. The number of thiazole rings is 1. The summed E-state index contributed by atoms with van der Waals surface area (Å²) in [5.74, 6) is 0.972. The third-order valence-corrected chi connectivity index (χ3v) is 8.14. The number of likely N-dealkylation sites (tertiary alicyclic amines) is 1. The molecular weight excluding hydrogens is 406 g/mol. The first-order valence-electron chi connectivity index (χ1n) is 11.3. The van der Waals surface area contributed by atoms with Crippen LogP contribution in [0.5, 0.6) is 0 Å². The van der Waals surface area contributed by atoms with Gasteiger partial charge in [-0.05, 0) is 44.0 Å². The molecule has 162 valence electrons.